The minimum atomic E-state index is -0.0952. The molecule has 0 saturated carbocycles. The van der Waals surface area contributed by atoms with Crippen LogP contribution in [0.25, 0.3) is 0 Å². The molecule has 2 heteroatoms. The normalized spacial score (nSPS) is 27.6. The second-order valence-corrected chi connectivity index (χ2v) is 9.69. The highest BCUT2D eigenvalue weighted by Crippen LogP contribution is 2.49. The maximum absolute atomic E-state index is 2.85. The minimum absolute atomic E-state index is 0.0952. The molecule has 0 amide bonds. The first kappa shape index (κ1) is 18.3. The predicted molar refractivity (Wildman–Crippen MR) is 121 cm³/mol. The van der Waals surface area contributed by atoms with Gasteiger partial charge in [-0.1, -0.05) is 85.0 Å². The fourth-order valence-corrected chi connectivity index (χ4v) is 7.18. The van der Waals surface area contributed by atoms with Gasteiger partial charge in [-0.15, -0.1) is 0 Å². The van der Waals surface area contributed by atoms with Gasteiger partial charge in [-0.25, -0.2) is 0 Å². The third-order valence-electron chi connectivity index (χ3n) is 6.93. The highest BCUT2D eigenvalue weighted by atomic mass is 32.2. The third-order valence-corrected chi connectivity index (χ3v) is 8.45. The van der Waals surface area contributed by atoms with Gasteiger partial charge in [0.1, 0.15) is 0 Å². The summed E-state index contributed by atoms with van der Waals surface area (Å²) >= 11 is 2.21. The fourth-order valence-electron chi connectivity index (χ4n) is 5.67. The van der Waals surface area contributed by atoms with Gasteiger partial charge in [0.05, 0.1) is 5.54 Å². The average Bonchev–Trinajstić information content (AvgIpc) is 3.25. The maximum Gasteiger partial charge on any atom is 0.0782 e. The first-order valence-corrected chi connectivity index (χ1v) is 11.7. The van der Waals surface area contributed by atoms with Gasteiger partial charge in [-0.3, -0.25) is 4.90 Å². The topological polar surface area (TPSA) is 3.24 Å². The number of piperidine rings is 1. The van der Waals surface area contributed by atoms with E-state index in [9.17, 15) is 0 Å². The molecule has 28 heavy (non-hydrogen) atoms. The number of hydrogen-bond acceptors (Lipinski definition) is 2. The first-order chi connectivity index (χ1) is 13.9. The summed E-state index contributed by atoms with van der Waals surface area (Å²) in [5, 5.41) is 0.877. The van der Waals surface area contributed by atoms with Gasteiger partial charge >= 0.3 is 0 Å². The van der Waals surface area contributed by atoms with E-state index >= 15 is 0 Å². The van der Waals surface area contributed by atoms with Crippen LogP contribution in [0.1, 0.15) is 30.4 Å². The number of nitrogens with zero attached hydrogens (tertiary/aromatic N) is 1. The largest absolute Gasteiger partial charge is 0.289 e. The molecule has 3 aliphatic rings. The zero-order valence-corrected chi connectivity index (χ0v) is 17.2. The van der Waals surface area contributed by atoms with Gasteiger partial charge in [0.25, 0.3) is 0 Å². The Morgan fingerprint density at radius 2 is 1.57 bits per heavy atom. The highest BCUT2D eigenvalue weighted by molar-refractivity contribution is 8.00. The molecule has 0 radical (unpaired) electrons. The smallest absolute Gasteiger partial charge is 0.0782 e. The second-order valence-electron chi connectivity index (χ2n) is 8.35. The Kier molecular flexibility index (Phi) is 5.17. The number of fused-ring (bicyclic) bond motifs is 1. The van der Waals surface area contributed by atoms with E-state index < -0.39 is 0 Å². The van der Waals surface area contributed by atoms with Crippen molar-refractivity contribution in [3.63, 3.8) is 0 Å². The summed E-state index contributed by atoms with van der Waals surface area (Å²) < 4.78 is 0. The van der Waals surface area contributed by atoms with Gasteiger partial charge in [0, 0.05) is 24.3 Å². The third kappa shape index (κ3) is 3.07. The van der Waals surface area contributed by atoms with E-state index in [1.165, 1.54) is 42.8 Å². The van der Waals surface area contributed by atoms with E-state index in [1.54, 1.807) is 0 Å². The summed E-state index contributed by atoms with van der Waals surface area (Å²) in [6.45, 7) is 2.40. The summed E-state index contributed by atoms with van der Waals surface area (Å²) in [6, 6.07) is 22.6. The first-order valence-electron chi connectivity index (χ1n) is 10.7. The van der Waals surface area contributed by atoms with Crippen LogP contribution in [0.4, 0.5) is 0 Å². The molecule has 0 spiro atoms. The Balaban J connectivity index is 1.68. The lowest BCUT2D eigenvalue weighted by molar-refractivity contribution is 0.0419. The van der Waals surface area contributed by atoms with Crippen molar-refractivity contribution in [2.75, 3.05) is 18.8 Å². The fraction of sp³-hybridized carbons (Fsp3) is 0.385. The number of hydrogen-bond donors (Lipinski definition) is 0. The van der Waals surface area contributed by atoms with E-state index in [4.69, 9.17) is 0 Å². The molecular formula is C26H29NS. The zero-order chi connectivity index (χ0) is 18.8. The Hall–Kier alpha value is -1.77. The molecule has 2 fully saturated rings. The van der Waals surface area contributed by atoms with Crippen LogP contribution in [0.5, 0.6) is 0 Å². The molecule has 1 aliphatic carbocycles. The Bertz CT molecular complexity index is 802. The summed E-state index contributed by atoms with van der Waals surface area (Å²) in [7, 11) is 0. The molecule has 0 aromatic heterocycles. The lowest BCUT2D eigenvalue weighted by Gasteiger charge is -2.52. The van der Waals surface area contributed by atoms with Crippen molar-refractivity contribution in [2.45, 2.75) is 30.1 Å². The molecule has 0 bridgehead atoms. The summed E-state index contributed by atoms with van der Waals surface area (Å²) in [6.07, 6.45) is 13.1. The monoisotopic (exact) mass is 387 g/mol. The molecule has 2 saturated heterocycles. The molecule has 144 valence electrons. The highest BCUT2D eigenvalue weighted by Gasteiger charge is 2.48. The van der Waals surface area contributed by atoms with E-state index in [0.29, 0.717) is 5.92 Å². The van der Waals surface area contributed by atoms with Crippen molar-refractivity contribution < 1.29 is 0 Å². The van der Waals surface area contributed by atoms with E-state index in [0.717, 1.165) is 17.6 Å². The molecule has 2 aliphatic heterocycles. The van der Waals surface area contributed by atoms with Crippen LogP contribution in [0, 0.1) is 11.8 Å². The minimum Gasteiger partial charge on any atom is -0.289 e. The van der Waals surface area contributed by atoms with Crippen molar-refractivity contribution in [1.82, 2.24) is 4.90 Å². The van der Waals surface area contributed by atoms with Crippen LogP contribution in [0.15, 0.2) is 85.0 Å². The molecule has 3 atom stereocenters. The Morgan fingerprint density at radius 1 is 0.857 bits per heavy atom. The van der Waals surface area contributed by atoms with E-state index in [-0.39, 0.29) is 5.54 Å². The van der Waals surface area contributed by atoms with Crippen LogP contribution in [-0.2, 0) is 5.54 Å². The molecule has 1 nitrogen and oxygen atoms in total. The summed E-state index contributed by atoms with van der Waals surface area (Å²) in [5.41, 5.74) is 2.78. The van der Waals surface area contributed by atoms with Crippen molar-refractivity contribution in [1.29, 1.82) is 0 Å². The van der Waals surface area contributed by atoms with Crippen LogP contribution in [0.2, 0.25) is 0 Å². The summed E-state index contributed by atoms with van der Waals surface area (Å²) in [5.74, 6) is 2.64. The number of benzene rings is 2. The SMILES string of the molecule is C1=CCC(C(c2ccccc2)(c2ccccc2)N2CCC3SCCC3C2)C=C1. The van der Waals surface area contributed by atoms with Crippen LogP contribution in [-0.4, -0.2) is 29.0 Å². The molecule has 2 heterocycles. The predicted octanol–water partition coefficient (Wildman–Crippen LogP) is 5.89. The molecule has 3 unspecified atom stereocenters. The number of allylic oxidation sites excluding steroid dienone is 3. The van der Waals surface area contributed by atoms with Crippen molar-refractivity contribution >= 4 is 11.8 Å². The van der Waals surface area contributed by atoms with Crippen LogP contribution in [0.3, 0.4) is 0 Å². The van der Waals surface area contributed by atoms with Crippen LogP contribution >= 0.6 is 11.8 Å². The second kappa shape index (κ2) is 7.93. The molecular weight excluding hydrogens is 358 g/mol. The van der Waals surface area contributed by atoms with Crippen molar-refractivity contribution in [3.05, 3.63) is 96.1 Å². The summed E-state index contributed by atoms with van der Waals surface area (Å²) in [4.78, 5) is 2.85. The molecule has 2 aromatic rings. The Morgan fingerprint density at radius 3 is 2.21 bits per heavy atom. The van der Waals surface area contributed by atoms with Gasteiger partial charge in [-0.2, -0.15) is 11.8 Å². The van der Waals surface area contributed by atoms with Crippen molar-refractivity contribution in [3.8, 4) is 0 Å². The van der Waals surface area contributed by atoms with E-state index in [1.807, 2.05) is 0 Å². The lowest BCUT2D eigenvalue weighted by Crippen LogP contribution is -2.56. The number of thioether (sulfide) groups is 1. The molecule has 0 N–H and O–H groups in total. The van der Waals surface area contributed by atoms with Crippen molar-refractivity contribution in [2.24, 2.45) is 11.8 Å². The average molecular weight is 388 g/mol. The lowest BCUT2D eigenvalue weighted by atomic mass is 9.68. The molecule has 2 aromatic carbocycles. The quantitative estimate of drug-likeness (QED) is 0.643. The van der Waals surface area contributed by atoms with Gasteiger partial charge in [0.15, 0.2) is 0 Å². The standard InChI is InChI=1S/C26H29NS/c1-4-10-22(11-5-1)26(23-12-6-2-7-13-23,24-14-8-3-9-15-24)27-18-16-25-21(20-27)17-19-28-25/h1-14,21,24-25H,15-20H2. The number of likely N-dealkylation sites (tertiary alicyclic amines) is 1. The van der Waals surface area contributed by atoms with E-state index in [2.05, 4.69) is 102 Å². The van der Waals surface area contributed by atoms with Crippen LogP contribution < -0.4 is 0 Å². The zero-order valence-electron chi connectivity index (χ0n) is 16.4. The van der Waals surface area contributed by atoms with Gasteiger partial charge < -0.3 is 0 Å². The van der Waals surface area contributed by atoms with Gasteiger partial charge in [-0.05, 0) is 42.1 Å². The molecule has 5 rings (SSSR count). The maximum atomic E-state index is 2.85. The Labute approximate surface area is 173 Å². The van der Waals surface area contributed by atoms with Gasteiger partial charge in [0.2, 0.25) is 0 Å². The number of rotatable bonds is 4.